The second-order valence-electron chi connectivity index (χ2n) is 10.3. The zero-order valence-corrected chi connectivity index (χ0v) is 22.8. The monoisotopic (exact) mass is 543 g/mol. The van der Waals surface area contributed by atoms with Crippen LogP contribution in [-0.2, 0) is 16.1 Å². The van der Waals surface area contributed by atoms with Crippen molar-refractivity contribution in [2.24, 2.45) is 0 Å². The van der Waals surface area contributed by atoms with Gasteiger partial charge in [0.15, 0.2) is 0 Å². The van der Waals surface area contributed by atoms with E-state index in [4.69, 9.17) is 4.74 Å². The van der Waals surface area contributed by atoms with Gasteiger partial charge in [-0.1, -0.05) is 61.7 Å². The Morgan fingerprint density at radius 3 is 2.25 bits per heavy atom. The van der Waals surface area contributed by atoms with Gasteiger partial charge in [-0.2, -0.15) is 15.0 Å². The molecule has 1 aliphatic rings. The molecule has 1 aliphatic carbocycles. The summed E-state index contributed by atoms with van der Waals surface area (Å²) in [6, 6.07) is 18.8. The Kier molecular flexibility index (Phi) is 8.38. The third-order valence-corrected chi connectivity index (χ3v) is 7.52. The summed E-state index contributed by atoms with van der Waals surface area (Å²) in [6.07, 6.45) is 5.02. The van der Waals surface area contributed by atoms with Gasteiger partial charge in [0.2, 0.25) is 11.8 Å². The fourth-order valence-corrected chi connectivity index (χ4v) is 5.35. The fourth-order valence-electron chi connectivity index (χ4n) is 5.35. The Morgan fingerprint density at radius 2 is 1.60 bits per heavy atom. The Balaban J connectivity index is 1.56. The molecule has 0 spiro atoms. The molecular weight excluding hydrogens is 509 g/mol. The molecule has 1 fully saturated rings. The molecule has 2 amide bonds. The maximum Gasteiger partial charge on any atom is 0.250 e. The standard InChI is InChI=1S/C31H34FN5O3/c1-21(37-34-26-13-7-8-14-27(26)35-37)31(39)36(20-23-10-6-9-15-28(23)40-2)29(22-16-18-24(32)19-17-22)30(38)33-25-11-4-3-5-12-25/h6-10,13-19,21,25,29H,3-5,11-12,20H2,1-2H3,(H,33,38)/t21-,29+/m0/s1. The average molecular weight is 544 g/mol. The highest BCUT2D eigenvalue weighted by Gasteiger charge is 2.36. The molecule has 9 heteroatoms. The van der Waals surface area contributed by atoms with E-state index in [9.17, 15) is 14.0 Å². The van der Waals surface area contributed by atoms with Gasteiger partial charge in [-0.05, 0) is 55.7 Å². The van der Waals surface area contributed by atoms with Crippen LogP contribution in [0.5, 0.6) is 5.75 Å². The summed E-state index contributed by atoms with van der Waals surface area (Å²) in [4.78, 5) is 31.3. The van der Waals surface area contributed by atoms with Gasteiger partial charge in [0.25, 0.3) is 0 Å². The molecular formula is C31H34FN5O3. The molecule has 0 unspecified atom stereocenters. The molecule has 1 N–H and O–H groups in total. The van der Waals surface area contributed by atoms with Crippen LogP contribution in [0.25, 0.3) is 11.0 Å². The highest BCUT2D eigenvalue weighted by atomic mass is 19.1. The first-order valence-electron chi connectivity index (χ1n) is 13.7. The summed E-state index contributed by atoms with van der Waals surface area (Å²) < 4.78 is 19.5. The number of benzene rings is 3. The number of hydrogen-bond donors (Lipinski definition) is 1. The SMILES string of the molecule is COc1ccccc1CN(C(=O)[C@H](C)n1nc2ccccc2n1)[C@@H](C(=O)NC1CCCCC1)c1ccc(F)cc1. The van der Waals surface area contributed by atoms with Crippen molar-refractivity contribution in [3.63, 3.8) is 0 Å². The van der Waals surface area contributed by atoms with Crippen molar-refractivity contribution in [1.82, 2.24) is 25.2 Å². The number of nitrogens with one attached hydrogen (secondary N) is 1. The largest absolute Gasteiger partial charge is 0.496 e. The first-order valence-corrected chi connectivity index (χ1v) is 13.7. The summed E-state index contributed by atoms with van der Waals surface area (Å²) in [5, 5.41) is 12.2. The van der Waals surface area contributed by atoms with Crippen LogP contribution in [-0.4, -0.2) is 44.9 Å². The number of para-hydroxylation sites is 1. The molecule has 1 saturated carbocycles. The van der Waals surface area contributed by atoms with Crippen molar-refractivity contribution in [1.29, 1.82) is 0 Å². The number of rotatable bonds is 9. The number of halogens is 1. The smallest absolute Gasteiger partial charge is 0.250 e. The predicted octanol–water partition coefficient (Wildman–Crippen LogP) is 5.36. The van der Waals surface area contributed by atoms with Crippen LogP contribution in [0.3, 0.4) is 0 Å². The molecule has 0 radical (unpaired) electrons. The van der Waals surface area contributed by atoms with Crippen LogP contribution in [0.1, 0.15) is 62.2 Å². The van der Waals surface area contributed by atoms with Gasteiger partial charge in [-0.25, -0.2) is 4.39 Å². The number of carbonyl (C=O) groups excluding carboxylic acids is 2. The van der Waals surface area contributed by atoms with Gasteiger partial charge < -0.3 is 15.0 Å². The quantitative estimate of drug-likeness (QED) is 0.307. The van der Waals surface area contributed by atoms with E-state index in [0.717, 1.165) is 37.7 Å². The minimum atomic E-state index is -1.01. The van der Waals surface area contributed by atoms with Crippen molar-refractivity contribution in [3.8, 4) is 5.75 Å². The topological polar surface area (TPSA) is 89.3 Å². The van der Waals surface area contributed by atoms with E-state index in [1.54, 1.807) is 26.2 Å². The van der Waals surface area contributed by atoms with Crippen molar-refractivity contribution in [3.05, 3.63) is 89.7 Å². The molecule has 3 aromatic carbocycles. The molecule has 1 heterocycles. The van der Waals surface area contributed by atoms with Gasteiger partial charge in [-0.15, -0.1) is 0 Å². The fraction of sp³-hybridized carbons (Fsp3) is 0.355. The highest BCUT2D eigenvalue weighted by molar-refractivity contribution is 5.90. The van der Waals surface area contributed by atoms with Crippen molar-refractivity contribution in [2.45, 2.75) is 63.7 Å². The molecule has 0 saturated heterocycles. The second kappa shape index (κ2) is 12.3. The van der Waals surface area contributed by atoms with Crippen molar-refractivity contribution >= 4 is 22.8 Å². The number of ether oxygens (including phenoxy) is 1. The van der Waals surface area contributed by atoms with E-state index in [2.05, 4.69) is 15.5 Å². The number of nitrogens with zero attached hydrogens (tertiary/aromatic N) is 4. The maximum atomic E-state index is 14.3. The molecule has 5 rings (SSSR count). The number of amides is 2. The van der Waals surface area contributed by atoms with Crippen molar-refractivity contribution in [2.75, 3.05) is 7.11 Å². The Labute approximate surface area is 233 Å². The first kappa shape index (κ1) is 27.3. The molecule has 2 atom stereocenters. The van der Waals surface area contributed by atoms with Gasteiger partial charge in [0.1, 0.15) is 34.7 Å². The summed E-state index contributed by atoms with van der Waals surface area (Å²) in [6.45, 7) is 1.81. The molecule has 8 nitrogen and oxygen atoms in total. The zero-order valence-electron chi connectivity index (χ0n) is 22.8. The summed E-state index contributed by atoms with van der Waals surface area (Å²) >= 11 is 0. The molecule has 40 heavy (non-hydrogen) atoms. The summed E-state index contributed by atoms with van der Waals surface area (Å²) in [7, 11) is 1.57. The lowest BCUT2D eigenvalue weighted by atomic mass is 9.94. The first-order chi connectivity index (χ1) is 19.4. The lowest BCUT2D eigenvalue weighted by Gasteiger charge is -2.35. The third-order valence-electron chi connectivity index (χ3n) is 7.52. The van der Waals surface area contributed by atoms with Gasteiger partial charge in [0, 0.05) is 11.6 Å². The summed E-state index contributed by atoms with van der Waals surface area (Å²) in [5.41, 5.74) is 2.59. The zero-order chi connectivity index (χ0) is 28.1. The van der Waals surface area contributed by atoms with Gasteiger partial charge >= 0.3 is 0 Å². The van der Waals surface area contributed by atoms with E-state index in [1.165, 1.54) is 21.8 Å². The molecule has 0 aliphatic heterocycles. The minimum absolute atomic E-state index is 0.0305. The Bertz CT molecular complexity index is 1430. The number of methoxy groups -OCH3 is 1. The molecule has 1 aromatic heterocycles. The number of aromatic nitrogens is 3. The van der Waals surface area contributed by atoms with Crippen LogP contribution >= 0.6 is 0 Å². The van der Waals surface area contributed by atoms with Crippen molar-refractivity contribution < 1.29 is 18.7 Å². The Morgan fingerprint density at radius 1 is 0.975 bits per heavy atom. The van der Waals surface area contributed by atoms with Crippen LogP contribution in [0.2, 0.25) is 0 Å². The lowest BCUT2D eigenvalue weighted by molar-refractivity contribution is -0.144. The third kappa shape index (κ3) is 5.98. The second-order valence-corrected chi connectivity index (χ2v) is 10.3. The molecule has 0 bridgehead atoms. The van der Waals surface area contributed by atoms with Gasteiger partial charge in [-0.3, -0.25) is 9.59 Å². The number of hydrogen-bond acceptors (Lipinski definition) is 5. The molecule has 4 aromatic rings. The summed E-state index contributed by atoms with van der Waals surface area (Å²) in [5.74, 6) is -0.466. The van der Waals surface area contributed by atoms with E-state index in [-0.39, 0.29) is 24.4 Å². The predicted molar refractivity (Wildman–Crippen MR) is 150 cm³/mol. The van der Waals surface area contributed by atoms with E-state index < -0.39 is 17.9 Å². The van der Waals surface area contributed by atoms with E-state index in [1.807, 2.05) is 48.5 Å². The van der Waals surface area contributed by atoms with Crippen LogP contribution in [0.15, 0.2) is 72.8 Å². The average Bonchev–Trinajstić information content (AvgIpc) is 3.42. The van der Waals surface area contributed by atoms with Crippen LogP contribution in [0, 0.1) is 5.82 Å². The normalized spacial score (nSPS) is 15.4. The van der Waals surface area contributed by atoms with Gasteiger partial charge in [0.05, 0.1) is 13.7 Å². The molecule has 208 valence electrons. The number of fused-ring (bicyclic) bond motifs is 1. The van der Waals surface area contributed by atoms with E-state index in [0.29, 0.717) is 22.3 Å². The lowest BCUT2D eigenvalue weighted by Crippen LogP contribution is -2.48. The Hall–Kier alpha value is -4.27. The maximum absolute atomic E-state index is 14.3. The minimum Gasteiger partial charge on any atom is -0.496 e. The van der Waals surface area contributed by atoms with Crippen LogP contribution in [0.4, 0.5) is 4.39 Å². The number of carbonyl (C=O) groups is 2. The highest BCUT2D eigenvalue weighted by Crippen LogP contribution is 2.30. The van der Waals surface area contributed by atoms with E-state index >= 15 is 0 Å². The van der Waals surface area contributed by atoms with Crippen LogP contribution < -0.4 is 10.1 Å².